The maximum Gasteiger partial charge on any atom is 0.315 e. The van der Waals surface area contributed by atoms with Crippen LogP contribution in [0.25, 0.3) is 0 Å². The second-order valence-corrected chi connectivity index (χ2v) is 3.97. The van der Waals surface area contributed by atoms with Crippen LogP contribution in [0.5, 0.6) is 0 Å². The van der Waals surface area contributed by atoms with Gasteiger partial charge in [-0.05, 0) is 19.1 Å². The first-order valence-electron chi connectivity index (χ1n) is 6.01. The molecule has 1 unspecified atom stereocenters. The number of methoxy groups -OCH3 is 1. The van der Waals surface area contributed by atoms with Gasteiger partial charge in [-0.3, -0.25) is 10.1 Å². The van der Waals surface area contributed by atoms with E-state index in [-0.39, 0.29) is 24.9 Å². The largest absolute Gasteiger partial charge is 0.394 e. The Morgan fingerprint density at radius 2 is 2.16 bits per heavy atom. The highest BCUT2D eigenvalue weighted by Gasteiger charge is 2.21. The molecular formula is C12H19N3O4. The molecule has 3 N–H and O–H groups in total. The molecule has 0 heterocycles. The van der Waals surface area contributed by atoms with Gasteiger partial charge in [-0.2, -0.15) is 0 Å². The minimum absolute atomic E-state index is 0.0288. The smallest absolute Gasteiger partial charge is 0.315 e. The maximum absolute atomic E-state index is 11.2. The van der Waals surface area contributed by atoms with E-state index < -0.39 is 4.92 Å². The van der Waals surface area contributed by atoms with Gasteiger partial charge in [0.05, 0.1) is 24.2 Å². The lowest BCUT2D eigenvalue weighted by Gasteiger charge is -2.17. The quantitative estimate of drug-likeness (QED) is 0.488. The summed E-state index contributed by atoms with van der Waals surface area (Å²) in [6, 6.07) is 4.59. The molecule has 7 heteroatoms. The molecule has 7 nitrogen and oxygen atoms in total. The van der Waals surface area contributed by atoms with Crippen LogP contribution in [0.3, 0.4) is 0 Å². The molecule has 0 fully saturated rings. The Bertz CT molecular complexity index is 425. The molecule has 19 heavy (non-hydrogen) atoms. The van der Waals surface area contributed by atoms with Crippen molar-refractivity contribution in [1.82, 2.24) is 0 Å². The lowest BCUT2D eigenvalue weighted by atomic mass is 10.2. The van der Waals surface area contributed by atoms with Gasteiger partial charge in [-0.15, -0.1) is 0 Å². The lowest BCUT2D eigenvalue weighted by molar-refractivity contribution is -0.383. The van der Waals surface area contributed by atoms with Crippen LogP contribution in [0.4, 0.5) is 17.1 Å². The monoisotopic (exact) mass is 269 g/mol. The van der Waals surface area contributed by atoms with E-state index in [0.29, 0.717) is 17.9 Å². The molecule has 1 aromatic carbocycles. The Morgan fingerprint density at radius 3 is 2.68 bits per heavy atom. The number of hydrogen-bond acceptors (Lipinski definition) is 6. The summed E-state index contributed by atoms with van der Waals surface area (Å²) in [5.41, 5.74) is 0.782. The second kappa shape index (κ2) is 7.55. The fraction of sp³-hybridized carbons (Fsp3) is 0.500. The van der Waals surface area contributed by atoms with E-state index in [0.717, 1.165) is 0 Å². The Kier molecular flexibility index (Phi) is 6.04. The zero-order valence-corrected chi connectivity index (χ0v) is 11.0. The zero-order valence-electron chi connectivity index (χ0n) is 11.0. The van der Waals surface area contributed by atoms with E-state index in [1.165, 1.54) is 7.11 Å². The summed E-state index contributed by atoms with van der Waals surface area (Å²) in [6.45, 7) is 2.55. The number of nitro groups is 1. The van der Waals surface area contributed by atoms with Crippen LogP contribution in [-0.4, -0.2) is 42.9 Å². The molecule has 0 spiro atoms. The van der Waals surface area contributed by atoms with Crippen molar-refractivity contribution in [2.24, 2.45) is 0 Å². The zero-order chi connectivity index (χ0) is 14.3. The molecule has 0 saturated carbocycles. The number of anilines is 2. The number of nitrogens with one attached hydrogen (secondary N) is 2. The van der Waals surface area contributed by atoms with Crippen molar-refractivity contribution in [3.05, 3.63) is 28.3 Å². The van der Waals surface area contributed by atoms with E-state index in [1.54, 1.807) is 18.2 Å². The topological polar surface area (TPSA) is 96.7 Å². The van der Waals surface area contributed by atoms with Gasteiger partial charge >= 0.3 is 5.69 Å². The molecule has 0 amide bonds. The SMILES string of the molecule is CCNc1cccc(NC(CO)COC)c1[N+](=O)[O-]. The van der Waals surface area contributed by atoms with Gasteiger partial charge in [0, 0.05) is 13.7 Å². The highest BCUT2D eigenvalue weighted by Crippen LogP contribution is 2.33. The molecule has 1 atom stereocenters. The van der Waals surface area contributed by atoms with E-state index in [9.17, 15) is 15.2 Å². The summed E-state index contributed by atoms with van der Waals surface area (Å²) >= 11 is 0. The van der Waals surface area contributed by atoms with E-state index >= 15 is 0 Å². The minimum Gasteiger partial charge on any atom is -0.394 e. The number of nitro benzene ring substituents is 1. The molecule has 1 rings (SSSR count). The van der Waals surface area contributed by atoms with Crippen LogP contribution in [0.2, 0.25) is 0 Å². The first-order chi connectivity index (χ1) is 9.13. The summed E-state index contributed by atoms with van der Waals surface area (Å²) in [6.07, 6.45) is 0. The van der Waals surface area contributed by atoms with Gasteiger partial charge < -0.3 is 20.5 Å². The van der Waals surface area contributed by atoms with Crippen molar-refractivity contribution in [3.63, 3.8) is 0 Å². The van der Waals surface area contributed by atoms with Gasteiger partial charge in [0.25, 0.3) is 0 Å². The Hall–Kier alpha value is -1.86. The van der Waals surface area contributed by atoms with Crippen molar-refractivity contribution >= 4 is 17.1 Å². The summed E-state index contributed by atoms with van der Waals surface area (Å²) in [5, 5.41) is 26.2. The fourth-order valence-electron chi connectivity index (χ4n) is 1.75. The summed E-state index contributed by atoms with van der Waals surface area (Å²) in [7, 11) is 1.51. The number of aliphatic hydroxyl groups is 1. The highest BCUT2D eigenvalue weighted by atomic mass is 16.6. The van der Waals surface area contributed by atoms with Crippen LogP contribution >= 0.6 is 0 Å². The Labute approximate surface area is 111 Å². The van der Waals surface area contributed by atoms with Gasteiger partial charge in [-0.1, -0.05) is 6.07 Å². The number of ether oxygens (including phenoxy) is 1. The number of rotatable bonds is 8. The van der Waals surface area contributed by atoms with Crippen molar-refractivity contribution in [2.75, 3.05) is 37.5 Å². The van der Waals surface area contributed by atoms with E-state index in [2.05, 4.69) is 10.6 Å². The van der Waals surface area contributed by atoms with Crippen LogP contribution < -0.4 is 10.6 Å². The van der Waals surface area contributed by atoms with Gasteiger partial charge in [-0.25, -0.2) is 0 Å². The van der Waals surface area contributed by atoms with Crippen LogP contribution in [0, 0.1) is 10.1 Å². The number of para-hydroxylation sites is 1. The van der Waals surface area contributed by atoms with Crippen LogP contribution in [0.1, 0.15) is 6.92 Å². The number of hydrogen-bond donors (Lipinski definition) is 3. The van der Waals surface area contributed by atoms with E-state index in [1.807, 2.05) is 6.92 Å². The number of nitrogens with zero attached hydrogens (tertiary/aromatic N) is 1. The summed E-state index contributed by atoms with van der Waals surface area (Å²) in [4.78, 5) is 10.7. The third-order valence-electron chi connectivity index (χ3n) is 2.53. The second-order valence-electron chi connectivity index (χ2n) is 3.97. The lowest BCUT2D eigenvalue weighted by Crippen LogP contribution is -2.29. The molecule has 0 bridgehead atoms. The van der Waals surface area contributed by atoms with Gasteiger partial charge in [0.15, 0.2) is 0 Å². The molecule has 0 aliphatic rings. The maximum atomic E-state index is 11.2. The predicted molar refractivity (Wildman–Crippen MR) is 73.6 cm³/mol. The third-order valence-corrected chi connectivity index (χ3v) is 2.53. The summed E-state index contributed by atoms with van der Waals surface area (Å²) in [5.74, 6) is 0. The minimum atomic E-state index is -0.443. The van der Waals surface area contributed by atoms with Crippen molar-refractivity contribution in [2.45, 2.75) is 13.0 Å². The average molecular weight is 269 g/mol. The van der Waals surface area contributed by atoms with Gasteiger partial charge in [0.2, 0.25) is 0 Å². The highest BCUT2D eigenvalue weighted by molar-refractivity contribution is 5.76. The molecule has 1 aromatic rings. The number of benzene rings is 1. The molecule has 0 radical (unpaired) electrons. The molecule has 0 aliphatic heterocycles. The van der Waals surface area contributed by atoms with Crippen molar-refractivity contribution < 1.29 is 14.8 Å². The van der Waals surface area contributed by atoms with Crippen LogP contribution in [0.15, 0.2) is 18.2 Å². The van der Waals surface area contributed by atoms with Crippen molar-refractivity contribution in [3.8, 4) is 0 Å². The Morgan fingerprint density at radius 1 is 1.47 bits per heavy atom. The standard InChI is InChI=1S/C12H19N3O4/c1-3-13-10-5-4-6-11(12(10)15(17)18)14-9(7-16)8-19-2/h4-6,9,13-14,16H,3,7-8H2,1-2H3. The van der Waals surface area contributed by atoms with Gasteiger partial charge in [0.1, 0.15) is 11.4 Å². The first kappa shape index (κ1) is 15.2. The van der Waals surface area contributed by atoms with Crippen LogP contribution in [-0.2, 0) is 4.74 Å². The number of aliphatic hydroxyl groups excluding tert-OH is 1. The molecule has 0 saturated heterocycles. The third kappa shape index (κ3) is 4.08. The molecule has 0 aliphatic carbocycles. The molecule has 0 aromatic heterocycles. The van der Waals surface area contributed by atoms with Crippen molar-refractivity contribution in [1.29, 1.82) is 0 Å². The average Bonchev–Trinajstić information content (AvgIpc) is 2.38. The molecule has 106 valence electrons. The predicted octanol–water partition coefficient (Wildman–Crippen LogP) is 1.45. The first-order valence-corrected chi connectivity index (χ1v) is 6.01. The summed E-state index contributed by atoms with van der Waals surface area (Å²) < 4.78 is 4.94. The normalized spacial score (nSPS) is 11.9. The Balaban J connectivity index is 3.04. The fourth-order valence-corrected chi connectivity index (χ4v) is 1.75. The van der Waals surface area contributed by atoms with E-state index in [4.69, 9.17) is 4.74 Å². The molecular weight excluding hydrogens is 250 g/mol.